The maximum atomic E-state index is 12.6. The van der Waals surface area contributed by atoms with Crippen molar-refractivity contribution in [1.29, 1.82) is 0 Å². The first-order valence-electron chi connectivity index (χ1n) is 24.5. The first-order chi connectivity index (χ1) is 27.0. The molecule has 326 valence electrons. The molecule has 0 aromatic heterocycles. The highest BCUT2D eigenvalue weighted by Crippen LogP contribution is 2.16. The number of hydrogen-bond acceptors (Lipinski definition) is 6. The van der Waals surface area contributed by atoms with E-state index in [1.54, 1.807) is 0 Å². The normalized spacial score (nSPS) is 11.8. The highest BCUT2D eigenvalue weighted by atomic mass is 16.6. The highest BCUT2D eigenvalue weighted by Gasteiger charge is 2.19. The molecule has 0 spiro atoms. The van der Waals surface area contributed by atoms with Gasteiger partial charge < -0.3 is 14.2 Å². The van der Waals surface area contributed by atoms with Crippen LogP contribution in [-0.4, -0.2) is 37.2 Å². The smallest absolute Gasteiger partial charge is 0.306 e. The van der Waals surface area contributed by atoms with E-state index in [1.807, 2.05) is 0 Å². The lowest BCUT2D eigenvalue weighted by atomic mass is 10.0. The van der Waals surface area contributed by atoms with Gasteiger partial charge in [0.2, 0.25) is 0 Å². The highest BCUT2D eigenvalue weighted by molar-refractivity contribution is 5.71. The Hall–Kier alpha value is -1.59. The van der Waals surface area contributed by atoms with Crippen LogP contribution in [0.2, 0.25) is 0 Å². The summed E-state index contributed by atoms with van der Waals surface area (Å²) in [5.74, 6) is -0.853. The van der Waals surface area contributed by atoms with Crippen LogP contribution in [0.4, 0.5) is 0 Å². The molecule has 0 radical (unpaired) electrons. The Kier molecular flexibility index (Phi) is 43.8. The van der Waals surface area contributed by atoms with Gasteiger partial charge in [-0.1, -0.05) is 239 Å². The molecule has 0 saturated carbocycles. The van der Waals surface area contributed by atoms with E-state index >= 15 is 0 Å². The number of carbonyl (C=O) groups is 3. The van der Waals surface area contributed by atoms with E-state index in [4.69, 9.17) is 14.2 Å². The molecule has 0 saturated heterocycles. The second-order valence-corrected chi connectivity index (χ2v) is 16.7. The maximum Gasteiger partial charge on any atom is 0.306 e. The summed E-state index contributed by atoms with van der Waals surface area (Å²) in [7, 11) is 0. The Balaban J connectivity index is 4.18. The van der Waals surface area contributed by atoms with Crippen molar-refractivity contribution in [2.45, 2.75) is 284 Å². The molecule has 0 heterocycles. The van der Waals surface area contributed by atoms with Crippen molar-refractivity contribution in [2.24, 2.45) is 0 Å². The zero-order chi connectivity index (χ0) is 40.1. The average molecular weight is 779 g/mol. The molecule has 0 unspecified atom stereocenters. The number of rotatable bonds is 45. The molecule has 0 aliphatic carbocycles. The minimum absolute atomic E-state index is 0.0629. The van der Waals surface area contributed by atoms with Gasteiger partial charge in [0, 0.05) is 19.3 Å². The third kappa shape index (κ3) is 43.4. The van der Waals surface area contributed by atoms with Gasteiger partial charge in [0.25, 0.3) is 0 Å². The van der Waals surface area contributed by atoms with Crippen LogP contribution >= 0.6 is 0 Å². The molecule has 0 bridgehead atoms. The van der Waals surface area contributed by atoms with Crippen molar-refractivity contribution in [3.05, 3.63) is 0 Å². The minimum atomic E-state index is -0.757. The zero-order valence-corrected chi connectivity index (χ0v) is 37.2. The van der Waals surface area contributed by atoms with E-state index in [1.165, 1.54) is 180 Å². The molecule has 0 N–H and O–H groups in total. The van der Waals surface area contributed by atoms with Crippen LogP contribution in [0.25, 0.3) is 0 Å². The van der Waals surface area contributed by atoms with Gasteiger partial charge in [0.15, 0.2) is 6.10 Å². The summed E-state index contributed by atoms with van der Waals surface area (Å²) < 4.78 is 16.7. The van der Waals surface area contributed by atoms with Crippen LogP contribution in [0.5, 0.6) is 0 Å². The Labute approximate surface area is 342 Å². The fraction of sp³-hybridized carbons (Fsp3) is 0.939. The first-order valence-corrected chi connectivity index (χ1v) is 24.5. The molecule has 0 amide bonds. The van der Waals surface area contributed by atoms with Crippen molar-refractivity contribution >= 4 is 17.9 Å². The van der Waals surface area contributed by atoms with Gasteiger partial charge in [-0.25, -0.2) is 0 Å². The third-order valence-corrected chi connectivity index (χ3v) is 11.1. The quantitative estimate of drug-likeness (QED) is 0.0348. The van der Waals surface area contributed by atoms with E-state index in [2.05, 4.69) is 20.8 Å². The molecule has 0 aliphatic rings. The summed E-state index contributed by atoms with van der Waals surface area (Å²) in [6, 6.07) is 0. The predicted molar refractivity (Wildman–Crippen MR) is 233 cm³/mol. The number of hydrogen-bond donors (Lipinski definition) is 0. The fourth-order valence-corrected chi connectivity index (χ4v) is 7.38. The average Bonchev–Trinajstić information content (AvgIpc) is 3.18. The lowest BCUT2D eigenvalue weighted by molar-refractivity contribution is -0.167. The van der Waals surface area contributed by atoms with E-state index in [9.17, 15) is 14.4 Å². The lowest BCUT2D eigenvalue weighted by Crippen LogP contribution is -2.30. The number of esters is 3. The molecule has 0 fully saturated rings. The topological polar surface area (TPSA) is 78.9 Å². The first kappa shape index (κ1) is 53.4. The molecule has 0 rings (SSSR count). The number of ether oxygens (including phenoxy) is 3. The molecule has 0 aromatic carbocycles. The standard InChI is InChI=1S/C49H94O6/c1-4-7-10-13-16-18-20-22-24-25-27-29-31-34-36-39-42-48(51)54-45-46(55-49(52)43-40-37-32-15-12-9-6-3)44-53-47(50)41-38-35-33-30-28-26-23-21-19-17-14-11-8-5-2/h46H,4-45H2,1-3H3/t46-/m1/s1. The Bertz CT molecular complexity index is 813. The van der Waals surface area contributed by atoms with Gasteiger partial charge in [-0.3, -0.25) is 14.4 Å². The second-order valence-electron chi connectivity index (χ2n) is 16.7. The van der Waals surface area contributed by atoms with Crippen LogP contribution in [-0.2, 0) is 28.6 Å². The second kappa shape index (κ2) is 45.1. The summed E-state index contributed by atoms with van der Waals surface area (Å²) in [5.41, 5.74) is 0. The molecule has 0 aromatic rings. The maximum absolute atomic E-state index is 12.6. The van der Waals surface area contributed by atoms with Crippen molar-refractivity contribution in [2.75, 3.05) is 13.2 Å². The molecule has 6 nitrogen and oxygen atoms in total. The number of carbonyl (C=O) groups excluding carboxylic acids is 3. The van der Waals surface area contributed by atoms with Crippen LogP contribution in [0.15, 0.2) is 0 Å². The van der Waals surface area contributed by atoms with Gasteiger partial charge in [-0.2, -0.15) is 0 Å². The van der Waals surface area contributed by atoms with Gasteiger partial charge in [0.1, 0.15) is 13.2 Å². The van der Waals surface area contributed by atoms with Crippen molar-refractivity contribution in [3.8, 4) is 0 Å². The summed E-state index contributed by atoms with van der Waals surface area (Å²) in [4.78, 5) is 37.7. The molecular weight excluding hydrogens is 685 g/mol. The van der Waals surface area contributed by atoms with E-state index in [0.29, 0.717) is 19.3 Å². The zero-order valence-electron chi connectivity index (χ0n) is 37.2. The molecule has 55 heavy (non-hydrogen) atoms. The van der Waals surface area contributed by atoms with Crippen LogP contribution in [0, 0.1) is 0 Å². The van der Waals surface area contributed by atoms with E-state index in [-0.39, 0.29) is 31.1 Å². The Morgan fingerprint density at radius 1 is 0.291 bits per heavy atom. The summed E-state index contributed by atoms with van der Waals surface area (Å²) in [6.07, 6.45) is 46.7. The van der Waals surface area contributed by atoms with E-state index in [0.717, 1.165) is 57.8 Å². The predicted octanol–water partition coefficient (Wildman–Crippen LogP) is 15.6. The SMILES string of the molecule is CCCCCCCCCCCCCCCCCCC(=O)OC[C@@H](COC(=O)CCCCCCCCCCCCCCCC)OC(=O)CCCCCCCCC. The molecular formula is C49H94O6. The molecule has 1 atom stereocenters. The lowest BCUT2D eigenvalue weighted by Gasteiger charge is -2.18. The third-order valence-electron chi connectivity index (χ3n) is 11.1. The van der Waals surface area contributed by atoms with Crippen molar-refractivity contribution in [3.63, 3.8) is 0 Å². The summed E-state index contributed by atoms with van der Waals surface area (Å²) in [6.45, 7) is 6.63. The monoisotopic (exact) mass is 779 g/mol. The van der Waals surface area contributed by atoms with E-state index < -0.39 is 6.10 Å². The van der Waals surface area contributed by atoms with Crippen molar-refractivity contribution < 1.29 is 28.6 Å². The minimum Gasteiger partial charge on any atom is -0.462 e. The summed E-state index contributed by atoms with van der Waals surface area (Å²) in [5, 5.41) is 0. The Morgan fingerprint density at radius 2 is 0.491 bits per heavy atom. The fourth-order valence-electron chi connectivity index (χ4n) is 7.38. The van der Waals surface area contributed by atoms with Crippen LogP contribution in [0.1, 0.15) is 278 Å². The number of unbranched alkanes of at least 4 members (excludes halogenated alkanes) is 34. The van der Waals surface area contributed by atoms with Gasteiger partial charge >= 0.3 is 17.9 Å². The molecule has 6 heteroatoms. The summed E-state index contributed by atoms with van der Waals surface area (Å²) >= 11 is 0. The van der Waals surface area contributed by atoms with Crippen LogP contribution < -0.4 is 0 Å². The van der Waals surface area contributed by atoms with Gasteiger partial charge in [-0.15, -0.1) is 0 Å². The molecule has 0 aliphatic heterocycles. The Morgan fingerprint density at radius 3 is 0.727 bits per heavy atom. The van der Waals surface area contributed by atoms with Crippen LogP contribution in [0.3, 0.4) is 0 Å². The largest absolute Gasteiger partial charge is 0.462 e. The van der Waals surface area contributed by atoms with Crippen molar-refractivity contribution in [1.82, 2.24) is 0 Å². The van der Waals surface area contributed by atoms with Gasteiger partial charge in [-0.05, 0) is 19.3 Å². The van der Waals surface area contributed by atoms with Gasteiger partial charge in [0.05, 0.1) is 0 Å².